The fraction of sp³-hybridized carbons (Fsp3) is 0.474. The van der Waals surface area contributed by atoms with E-state index >= 15 is 0 Å². The maximum absolute atomic E-state index is 12.4. The summed E-state index contributed by atoms with van der Waals surface area (Å²) in [5, 5.41) is 3.83. The molecule has 1 fully saturated rings. The molecule has 1 N–H and O–H groups in total. The molecule has 0 saturated heterocycles. The van der Waals surface area contributed by atoms with Gasteiger partial charge in [-0.3, -0.25) is 4.79 Å². The van der Waals surface area contributed by atoms with E-state index in [4.69, 9.17) is 9.15 Å². The fourth-order valence-electron chi connectivity index (χ4n) is 3.30. The van der Waals surface area contributed by atoms with E-state index in [9.17, 15) is 9.59 Å². The van der Waals surface area contributed by atoms with Crippen molar-refractivity contribution >= 4 is 28.5 Å². The van der Waals surface area contributed by atoms with E-state index in [0.29, 0.717) is 17.9 Å². The van der Waals surface area contributed by atoms with Crippen LogP contribution < -0.4 is 5.32 Å². The molecule has 1 aliphatic carbocycles. The Balaban J connectivity index is 1.80. The minimum atomic E-state index is -0.459. The third kappa shape index (κ3) is 3.30. The van der Waals surface area contributed by atoms with Crippen molar-refractivity contribution in [1.29, 1.82) is 0 Å². The molecule has 1 saturated carbocycles. The molecule has 24 heavy (non-hydrogen) atoms. The number of benzene rings is 1. The summed E-state index contributed by atoms with van der Waals surface area (Å²) in [7, 11) is 0. The maximum Gasteiger partial charge on any atom is 0.374 e. The Kier molecular flexibility index (Phi) is 4.88. The molecule has 0 atom stereocenters. The monoisotopic (exact) mass is 329 g/mol. The van der Waals surface area contributed by atoms with Gasteiger partial charge in [0.25, 0.3) is 0 Å². The quantitative estimate of drug-likeness (QED) is 0.842. The van der Waals surface area contributed by atoms with Gasteiger partial charge in [0, 0.05) is 28.6 Å². The number of aryl methyl sites for hydroxylation is 1. The standard InChI is InChI=1S/C19H23NO4/c1-3-23-19(22)17-12(2)15-10-9-14(11-16(15)24-17)20-18(21)13-7-5-4-6-8-13/h9-11,13H,3-8H2,1-2H3,(H,20,21). The van der Waals surface area contributed by atoms with E-state index < -0.39 is 5.97 Å². The summed E-state index contributed by atoms with van der Waals surface area (Å²) in [5.74, 6) is -0.0626. The number of fused-ring (bicyclic) bond motifs is 1. The minimum absolute atomic E-state index is 0.0722. The molecule has 1 aliphatic rings. The van der Waals surface area contributed by atoms with Crippen LogP contribution in [-0.4, -0.2) is 18.5 Å². The van der Waals surface area contributed by atoms with E-state index in [2.05, 4.69) is 5.32 Å². The summed E-state index contributed by atoms with van der Waals surface area (Å²) < 4.78 is 10.7. The smallest absolute Gasteiger partial charge is 0.374 e. The molecular weight excluding hydrogens is 306 g/mol. The highest BCUT2D eigenvalue weighted by atomic mass is 16.5. The highest BCUT2D eigenvalue weighted by Crippen LogP contribution is 2.29. The first kappa shape index (κ1) is 16.6. The lowest BCUT2D eigenvalue weighted by molar-refractivity contribution is -0.120. The van der Waals surface area contributed by atoms with Gasteiger partial charge in [0.2, 0.25) is 11.7 Å². The first-order valence-electron chi connectivity index (χ1n) is 8.61. The van der Waals surface area contributed by atoms with Crippen molar-refractivity contribution in [3.63, 3.8) is 0 Å². The van der Waals surface area contributed by atoms with E-state index in [-0.39, 0.29) is 17.6 Å². The predicted octanol–water partition coefficient (Wildman–Crippen LogP) is 4.44. The van der Waals surface area contributed by atoms with Crippen LogP contribution in [0.2, 0.25) is 0 Å². The van der Waals surface area contributed by atoms with Crippen LogP contribution >= 0.6 is 0 Å². The largest absolute Gasteiger partial charge is 0.460 e. The van der Waals surface area contributed by atoms with Gasteiger partial charge in [-0.15, -0.1) is 0 Å². The molecule has 128 valence electrons. The van der Waals surface area contributed by atoms with Crippen molar-refractivity contribution in [3.8, 4) is 0 Å². The molecule has 0 radical (unpaired) electrons. The topological polar surface area (TPSA) is 68.5 Å². The van der Waals surface area contributed by atoms with Gasteiger partial charge in [0.05, 0.1) is 6.61 Å². The molecule has 1 heterocycles. The maximum atomic E-state index is 12.4. The second-order valence-electron chi connectivity index (χ2n) is 6.31. The predicted molar refractivity (Wildman–Crippen MR) is 92.1 cm³/mol. The molecule has 0 unspecified atom stereocenters. The Morgan fingerprint density at radius 3 is 2.71 bits per heavy atom. The lowest BCUT2D eigenvalue weighted by Crippen LogP contribution is -2.24. The molecule has 0 aliphatic heterocycles. The van der Waals surface area contributed by atoms with E-state index in [0.717, 1.165) is 36.6 Å². The minimum Gasteiger partial charge on any atom is -0.460 e. The number of anilines is 1. The molecule has 2 aromatic rings. The van der Waals surface area contributed by atoms with Crippen molar-refractivity contribution in [2.45, 2.75) is 46.0 Å². The second-order valence-corrected chi connectivity index (χ2v) is 6.31. The molecule has 1 aromatic carbocycles. The van der Waals surface area contributed by atoms with Crippen molar-refractivity contribution in [1.82, 2.24) is 0 Å². The highest BCUT2D eigenvalue weighted by molar-refractivity contribution is 5.98. The van der Waals surface area contributed by atoms with Gasteiger partial charge in [-0.1, -0.05) is 19.3 Å². The van der Waals surface area contributed by atoms with Crippen LogP contribution in [0.25, 0.3) is 11.0 Å². The van der Waals surface area contributed by atoms with Crippen LogP contribution in [0.5, 0.6) is 0 Å². The van der Waals surface area contributed by atoms with Crippen molar-refractivity contribution < 1.29 is 18.7 Å². The van der Waals surface area contributed by atoms with Crippen LogP contribution in [0.4, 0.5) is 5.69 Å². The third-order valence-corrected chi connectivity index (χ3v) is 4.64. The first-order valence-corrected chi connectivity index (χ1v) is 8.61. The van der Waals surface area contributed by atoms with Gasteiger partial charge in [-0.25, -0.2) is 4.79 Å². The number of hydrogen-bond donors (Lipinski definition) is 1. The van der Waals surface area contributed by atoms with Gasteiger partial charge in [0.15, 0.2) is 0 Å². The van der Waals surface area contributed by atoms with Crippen LogP contribution in [0.1, 0.15) is 55.1 Å². The summed E-state index contributed by atoms with van der Waals surface area (Å²) in [6.07, 6.45) is 5.38. The molecule has 0 bridgehead atoms. The SMILES string of the molecule is CCOC(=O)c1oc2cc(NC(=O)C3CCCCC3)ccc2c1C. The summed E-state index contributed by atoms with van der Waals surface area (Å²) >= 11 is 0. The number of rotatable bonds is 4. The molecular formula is C19H23NO4. The van der Waals surface area contributed by atoms with Gasteiger partial charge in [-0.2, -0.15) is 0 Å². The zero-order valence-electron chi connectivity index (χ0n) is 14.2. The molecule has 3 rings (SSSR count). The Morgan fingerprint density at radius 2 is 2.00 bits per heavy atom. The van der Waals surface area contributed by atoms with Gasteiger partial charge in [-0.05, 0) is 38.8 Å². The van der Waals surface area contributed by atoms with E-state index in [1.54, 1.807) is 13.0 Å². The lowest BCUT2D eigenvalue weighted by atomic mass is 9.88. The number of amides is 1. The Labute approximate surface area is 141 Å². The fourth-order valence-corrected chi connectivity index (χ4v) is 3.30. The number of nitrogens with one attached hydrogen (secondary N) is 1. The van der Waals surface area contributed by atoms with Crippen LogP contribution in [-0.2, 0) is 9.53 Å². The number of ether oxygens (including phenoxy) is 1. The number of hydrogen-bond acceptors (Lipinski definition) is 4. The zero-order chi connectivity index (χ0) is 17.1. The number of carbonyl (C=O) groups excluding carboxylic acids is 2. The van der Waals surface area contributed by atoms with Crippen molar-refractivity contribution in [2.75, 3.05) is 11.9 Å². The first-order chi connectivity index (χ1) is 11.6. The summed E-state index contributed by atoms with van der Waals surface area (Å²) in [4.78, 5) is 24.3. The average Bonchev–Trinajstić information content (AvgIpc) is 2.92. The van der Waals surface area contributed by atoms with Crippen molar-refractivity contribution in [2.24, 2.45) is 5.92 Å². The molecule has 1 amide bonds. The summed E-state index contributed by atoms with van der Waals surface area (Å²) in [6, 6.07) is 5.49. The van der Waals surface area contributed by atoms with Gasteiger partial charge >= 0.3 is 5.97 Å². The van der Waals surface area contributed by atoms with Crippen LogP contribution in [0.3, 0.4) is 0 Å². The Bertz CT molecular complexity index is 756. The lowest BCUT2D eigenvalue weighted by Gasteiger charge is -2.20. The number of furan rings is 1. The summed E-state index contributed by atoms with van der Waals surface area (Å²) in [6.45, 7) is 3.89. The molecule has 1 aromatic heterocycles. The zero-order valence-corrected chi connectivity index (χ0v) is 14.2. The normalized spacial score (nSPS) is 15.4. The molecule has 5 nitrogen and oxygen atoms in total. The van der Waals surface area contributed by atoms with E-state index in [1.165, 1.54) is 6.42 Å². The third-order valence-electron chi connectivity index (χ3n) is 4.64. The van der Waals surface area contributed by atoms with E-state index in [1.807, 2.05) is 19.1 Å². The molecule has 5 heteroatoms. The second kappa shape index (κ2) is 7.07. The van der Waals surface area contributed by atoms with Gasteiger partial charge < -0.3 is 14.5 Å². The van der Waals surface area contributed by atoms with Crippen LogP contribution in [0, 0.1) is 12.8 Å². The van der Waals surface area contributed by atoms with Crippen LogP contribution in [0.15, 0.2) is 22.6 Å². The average molecular weight is 329 g/mol. The van der Waals surface area contributed by atoms with Crippen molar-refractivity contribution in [3.05, 3.63) is 29.5 Å². The summed E-state index contributed by atoms with van der Waals surface area (Å²) in [5.41, 5.74) is 2.04. The van der Waals surface area contributed by atoms with Gasteiger partial charge in [0.1, 0.15) is 5.58 Å². The Morgan fingerprint density at radius 1 is 1.25 bits per heavy atom. The Hall–Kier alpha value is -2.30. The number of esters is 1. The molecule has 0 spiro atoms. The number of carbonyl (C=O) groups is 2. The highest BCUT2D eigenvalue weighted by Gasteiger charge is 2.22.